The molecule has 6 nitrogen and oxygen atoms in total. The van der Waals surface area contributed by atoms with Crippen molar-refractivity contribution in [1.29, 1.82) is 0 Å². The van der Waals surface area contributed by atoms with Gasteiger partial charge in [0.1, 0.15) is 10.5 Å². The van der Waals surface area contributed by atoms with Crippen molar-refractivity contribution in [2.45, 2.75) is 23.8 Å². The van der Waals surface area contributed by atoms with Crippen molar-refractivity contribution in [2.24, 2.45) is 0 Å². The van der Waals surface area contributed by atoms with Crippen LogP contribution in [0.4, 0.5) is 0 Å². The summed E-state index contributed by atoms with van der Waals surface area (Å²) < 4.78 is 32.1. The first kappa shape index (κ1) is 18.0. The number of hydrogen-bond donors (Lipinski definition) is 0. The summed E-state index contributed by atoms with van der Waals surface area (Å²) in [5, 5.41) is 0.270. The Morgan fingerprint density at radius 2 is 2.00 bits per heavy atom. The third kappa shape index (κ3) is 3.44. The lowest BCUT2D eigenvalue weighted by Crippen LogP contribution is -2.39. The van der Waals surface area contributed by atoms with Crippen molar-refractivity contribution in [3.8, 4) is 5.88 Å². The van der Waals surface area contributed by atoms with Crippen molar-refractivity contribution in [1.82, 2.24) is 9.29 Å². The molecule has 1 aromatic carbocycles. The first-order chi connectivity index (χ1) is 11.9. The van der Waals surface area contributed by atoms with E-state index in [-0.39, 0.29) is 21.4 Å². The number of carbonyl (C=O) groups excluding carboxylic acids is 1. The molecule has 1 aromatic heterocycles. The van der Waals surface area contributed by atoms with Crippen LogP contribution in [0.2, 0.25) is 10.0 Å². The summed E-state index contributed by atoms with van der Waals surface area (Å²) in [5.74, 6) is -0.631. The fourth-order valence-corrected chi connectivity index (χ4v) is 4.78. The number of benzene rings is 1. The lowest BCUT2D eigenvalue weighted by molar-refractivity contribution is 0.0851. The van der Waals surface area contributed by atoms with Crippen LogP contribution in [0.1, 0.15) is 23.2 Å². The molecule has 0 radical (unpaired) electrons. The van der Waals surface area contributed by atoms with Crippen LogP contribution in [0.15, 0.2) is 41.4 Å². The van der Waals surface area contributed by atoms with Crippen molar-refractivity contribution in [3.63, 3.8) is 0 Å². The van der Waals surface area contributed by atoms with Gasteiger partial charge in [-0.15, -0.1) is 0 Å². The van der Waals surface area contributed by atoms with Gasteiger partial charge in [0.2, 0.25) is 5.88 Å². The molecule has 0 N–H and O–H groups in total. The third-order valence-corrected chi connectivity index (χ3v) is 6.26. The number of halogens is 2. The summed E-state index contributed by atoms with van der Waals surface area (Å²) in [6.45, 7) is 0. The van der Waals surface area contributed by atoms with E-state index in [1.807, 2.05) is 0 Å². The summed E-state index contributed by atoms with van der Waals surface area (Å²) in [4.78, 5) is 16.8. The summed E-state index contributed by atoms with van der Waals surface area (Å²) in [5.41, 5.74) is 0.0746. The van der Waals surface area contributed by atoms with Crippen LogP contribution in [0, 0.1) is 0 Å². The Kier molecular flexibility index (Phi) is 4.90. The maximum absolute atomic E-state index is 13.1. The van der Waals surface area contributed by atoms with Crippen molar-refractivity contribution < 1.29 is 17.9 Å². The predicted octanol–water partition coefficient (Wildman–Crippen LogP) is 3.39. The first-order valence-corrected chi connectivity index (χ1v) is 9.58. The lowest BCUT2D eigenvalue weighted by Gasteiger charge is -2.23. The quantitative estimate of drug-likeness (QED) is 0.768. The maximum atomic E-state index is 13.1. The Morgan fingerprint density at radius 3 is 2.60 bits per heavy atom. The molecule has 0 aliphatic heterocycles. The number of carbonyl (C=O) groups is 1. The average Bonchev–Trinajstić information content (AvgIpc) is 3.38. The molecule has 1 heterocycles. The van der Waals surface area contributed by atoms with Crippen LogP contribution in [-0.4, -0.2) is 36.8 Å². The van der Waals surface area contributed by atoms with Gasteiger partial charge in [-0.3, -0.25) is 4.79 Å². The maximum Gasteiger partial charge on any atom is 0.273 e. The van der Waals surface area contributed by atoms with E-state index in [4.69, 9.17) is 27.9 Å². The van der Waals surface area contributed by atoms with Gasteiger partial charge in [-0.25, -0.2) is 17.7 Å². The standard InChI is InChI=1S/C16H14Cl2N2O4S/c1-24-15-12(3-2-8-19-15)16(21)20(11-5-6-11)25(22,23)14-7-4-10(17)9-13(14)18/h2-4,7-9,11H,5-6H2,1H3. The van der Waals surface area contributed by atoms with Gasteiger partial charge in [0.15, 0.2) is 0 Å². The molecule has 0 atom stereocenters. The van der Waals surface area contributed by atoms with Crippen LogP contribution >= 0.6 is 23.2 Å². The number of amides is 1. The minimum Gasteiger partial charge on any atom is -0.480 e. The number of methoxy groups -OCH3 is 1. The summed E-state index contributed by atoms with van der Waals surface area (Å²) in [6.07, 6.45) is 2.65. The zero-order valence-corrected chi connectivity index (χ0v) is 15.5. The number of hydrogen-bond acceptors (Lipinski definition) is 5. The number of nitrogens with zero attached hydrogens (tertiary/aromatic N) is 2. The Labute approximate surface area is 155 Å². The van der Waals surface area contributed by atoms with Gasteiger partial charge in [-0.2, -0.15) is 0 Å². The van der Waals surface area contributed by atoms with Gasteiger partial charge in [-0.1, -0.05) is 23.2 Å². The normalized spacial score (nSPS) is 14.2. The van der Waals surface area contributed by atoms with E-state index in [0.717, 1.165) is 4.31 Å². The Balaban J connectivity index is 2.08. The zero-order valence-electron chi connectivity index (χ0n) is 13.1. The number of pyridine rings is 1. The molecule has 1 amide bonds. The SMILES string of the molecule is COc1ncccc1C(=O)N(C1CC1)S(=O)(=O)c1ccc(Cl)cc1Cl. The molecule has 132 valence electrons. The van der Waals surface area contributed by atoms with Crippen molar-refractivity contribution in [2.75, 3.05) is 7.11 Å². The molecule has 0 unspecified atom stereocenters. The fraction of sp³-hybridized carbons (Fsp3) is 0.250. The Morgan fingerprint density at radius 1 is 1.28 bits per heavy atom. The molecule has 1 aliphatic rings. The van der Waals surface area contributed by atoms with E-state index in [0.29, 0.717) is 17.9 Å². The van der Waals surface area contributed by atoms with E-state index in [1.165, 1.54) is 37.6 Å². The zero-order chi connectivity index (χ0) is 18.2. The minimum absolute atomic E-state index is 0.0379. The van der Waals surface area contributed by atoms with E-state index < -0.39 is 22.0 Å². The van der Waals surface area contributed by atoms with Crippen LogP contribution < -0.4 is 4.74 Å². The highest BCUT2D eigenvalue weighted by Crippen LogP contribution is 2.37. The molecule has 1 aliphatic carbocycles. The fourth-order valence-electron chi connectivity index (χ4n) is 2.41. The second-order valence-corrected chi connectivity index (χ2v) is 8.10. The molecule has 25 heavy (non-hydrogen) atoms. The summed E-state index contributed by atoms with van der Waals surface area (Å²) in [7, 11) is -2.78. The van der Waals surface area contributed by atoms with Crippen molar-refractivity contribution >= 4 is 39.1 Å². The van der Waals surface area contributed by atoms with Crippen LogP contribution in [0.3, 0.4) is 0 Å². The molecular weight excluding hydrogens is 387 g/mol. The highest BCUT2D eigenvalue weighted by atomic mass is 35.5. The van der Waals surface area contributed by atoms with Gasteiger partial charge in [0.25, 0.3) is 15.9 Å². The number of rotatable bonds is 5. The molecule has 0 spiro atoms. The number of ether oxygens (including phenoxy) is 1. The molecule has 0 bridgehead atoms. The molecule has 1 saturated carbocycles. The Bertz CT molecular complexity index is 929. The van der Waals surface area contributed by atoms with Gasteiger partial charge in [-0.05, 0) is 43.2 Å². The molecular formula is C16H14Cl2N2O4S. The summed E-state index contributed by atoms with van der Waals surface area (Å²) in [6, 6.07) is 6.65. The van der Waals surface area contributed by atoms with Crippen LogP contribution in [0.25, 0.3) is 0 Å². The van der Waals surface area contributed by atoms with E-state index in [9.17, 15) is 13.2 Å². The van der Waals surface area contributed by atoms with Crippen LogP contribution in [0.5, 0.6) is 5.88 Å². The van der Waals surface area contributed by atoms with E-state index >= 15 is 0 Å². The van der Waals surface area contributed by atoms with E-state index in [1.54, 1.807) is 6.07 Å². The minimum atomic E-state index is -4.15. The van der Waals surface area contributed by atoms with Gasteiger partial charge < -0.3 is 4.74 Å². The first-order valence-electron chi connectivity index (χ1n) is 7.39. The highest BCUT2D eigenvalue weighted by Gasteiger charge is 2.43. The monoisotopic (exact) mass is 400 g/mol. The predicted molar refractivity (Wildman–Crippen MR) is 93.6 cm³/mol. The smallest absolute Gasteiger partial charge is 0.273 e. The molecule has 9 heteroatoms. The largest absolute Gasteiger partial charge is 0.480 e. The van der Waals surface area contributed by atoms with Gasteiger partial charge in [0.05, 0.1) is 12.1 Å². The third-order valence-electron chi connectivity index (χ3n) is 3.70. The van der Waals surface area contributed by atoms with E-state index in [2.05, 4.69) is 4.98 Å². The lowest BCUT2D eigenvalue weighted by atomic mass is 10.2. The second-order valence-electron chi connectivity index (χ2n) is 5.47. The Hall–Kier alpha value is -1.83. The van der Waals surface area contributed by atoms with Gasteiger partial charge in [0, 0.05) is 17.3 Å². The highest BCUT2D eigenvalue weighted by molar-refractivity contribution is 7.89. The molecule has 3 rings (SSSR count). The molecule has 1 fully saturated rings. The summed E-state index contributed by atoms with van der Waals surface area (Å²) >= 11 is 11.9. The average molecular weight is 401 g/mol. The second kappa shape index (κ2) is 6.82. The topological polar surface area (TPSA) is 76.6 Å². The number of sulfonamides is 1. The van der Waals surface area contributed by atoms with Crippen molar-refractivity contribution in [3.05, 3.63) is 52.1 Å². The number of aromatic nitrogens is 1. The van der Waals surface area contributed by atoms with Gasteiger partial charge >= 0.3 is 0 Å². The molecule has 0 saturated heterocycles. The molecule has 2 aromatic rings. The van der Waals surface area contributed by atoms with Crippen LogP contribution in [-0.2, 0) is 10.0 Å².